The number of nitrogens with one attached hydrogen (secondary N) is 1. The van der Waals surface area contributed by atoms with E-state index >= 15 is 0 Å². The van der Waals surface area contributed by atoms with E-state index in [2.05, 4.69) is 59.7 Å². The van der Waals surface area contributed by atoms with E-state index < -0.39 is 0 Å². The largest absolute Gasteiger partial charge is 0.314 e. The fraction of sp³-hybridized carbons (Fsp3) is 0.353. The third-order valence-corrected chi connectivity index (χ3v) is 3.27. The molecule has 1 heterocycles. The van der Waals surface area contributed by atoms with E-state index in [0.29, 0.717) is 6.04 Å². The van der Waals surface area contributed by atoms with Crippen LogP contribution in [-0.2, 0) is 12.8 Å². The Morgan fingerprint density at radius 3 is 2.53 bits per heavy atom. The molecule has 1 aromatic heterocycles. The van der Waals surface area contributed by atoms with E-state index in [0.717, 1.165) is 19.4 Å². The summed E-state index contributed by atoms with van der Waals surface area (Å²) in [4.78, 5) is 4.03. The van der Waals surface area contributed by atoms with E-state index in [1.54, 1.807) is 0 Å². The Balaban J connectivity index is 0.00000200. The average molecular weight is 256 g/mol. The van der Waals surface area contributed by atoms with Gasteiger partial charge in [-0.1, -0.05) is 30.3 Å². The lowest BCUT2D eigenvalue weighted by molar-refractivity contribution is 0.534. The molecule has 102 valence electrons. The van der Waals surface area contributed by atoms with Crippen LogP contribution >= 0.6 is 0 Å². The van der Waals surface area contributed by atoms with E-state index in [1.807, 2.05) is 12.4 Å². The summed E-state index contributed by atoms with van der Waals surface area (Å²) in [6, 6.07) is 15.4. The number of hydrogen-bond acceptors (Lipinski definition) is 2. The molecule has 0 radical (unpaired) electrons. The van der Waals surface area contributed by atoms with Crippen molar-refractivity contribution < 1.29 is 1.43 Å². The van der Waals surface area contributed by atoms with Crippen molar-refractivity contribution in [1.82, 2.24) is 10.3 Å². The lowest BCUT2D eigenvalue weighted by atomic mass is 10.1. The first-order valence-electron chi connectivity index (χ1n) is 7.01. The zero-order valence-corrected chi connectivity index (χ0v) is 11.5. The molecule has 2 nitrogen and oxygen atoms in total. The highest BCUT2D eigenvalue weighted by Crippen LogP contribution is 2.03. The Bertz CT molecular complexity index is 459. The first kappa shape index (κ1) is 13.8. The van der Waals surface area contributed by atoms with Gasteiger partial charge in [0.05, 0.1) is 0 Å². The summed E-state index contributed by atoms with van der Waals surface area (Å²) in [5, 5.41) is 3.59. The van der Waals surface area contributed by atoms with Crippen molar-refractivity contribution in [2.75, 3.05) is 6.54 Å². The first-order valence-corrected chi connectivity index (χ1v) is 7.01. The van der Waals surface area contributed by atoms with Crippen LogP contribution in [-0.4, -0.2) is 17.6 Å². The van der Waals surface area contributed by atoms with Crippen LogP contribution in [0.25, 0.3) is 0 Å². The van der Waals surface area contributed by atoms with Crippen LogP contribution in [0.2, 0.25) is 0 Å². The van der Waals surface area contributed by atoms with Gasteiger partial charge in [0.2, 0.25) is 0 Å². The number of aryl methyl sites for hydroxylation is 1. The molecule has 0 aliphatic rings. The Kier molecular flexibility index (Phi) is 5.57. The molecule has 2 aromatic rings. The quantitative estimate of drug-likeness (QED) is 0.767. The maximum Gasteiger partial charge on any atom is 0.0270 e. The maximum absolute atomic E-state index is 4.03. The summed E-state index contributed by atoms with van der Waals surface area (Å²) in [5.41, 5.74) is 2.77. The first-order chi connectivity index (χ1) is 9.34. The lowest BCUT2D eigenvalue weighted by Crippen LogP contribution is -2.29. The second kappa shape index (κ2) is 7.70. The molecule has 0 saturated heterocycles. The van der Waals surface area contributed by atoms with Crippen LogP contribution in [0.3, 0.4) is 0 Å². The van der Waals surface area contributed by atoms with Gasteiger partial charge in [0, 0.05) is 19.9 Å². The number of hydrogen-bond donors (Lipinski definition) is 1. The summed E-state index contributed by atoms with van der Waals surface area (Å²) >= 11 is 0. The van der Waals surface area contributed by atoms with Gasteiger partial charge in [-0.15, -0.1) is 0 Å². The number of aromatic nitrogens is 1. The molecule has 1 atom stereocenters. The molecule has 0 bridgehead atoms. The van der Waals surface area contributed by atoms with Crippen LogP contribution in [0, 0.1) is 0 Å². The minimum Gasteiger partial charge on any atom is -0.314 e. The van der Waals surface area contributed by atoms with E-state index in [-0.39, 0.29) is 1.43 Å². The average Bonchev–Trinajstić information content (AvgIpc) is 2.46. The predicted molar refractivity (Wildman–Crippen MR) is 82.3 cm³/mol. The van der Waals surface area contributed by atoms with Crippen LogP contribution in [0.1, 0.15) is 25.9 Å². The smallest absolute Gasteiger partial charge is 0.0270 e. The number of rotatable bonds is 7. The Morgan fingerprint density at radius 1 is 1.05 bits per heavy atom. The van der Waals surface area contributed by atoms with Gasteiger partial charge >= 0.3 is 0 Å². The maximum atomic E-state index is 4.03. The van der Waals surface area contributed by atoms with Crippen LogP contribution < -0.4 is 5.32 Å². The highest BCUT2D eigenvalue weighted by molar-refractivity contribution is 5.15. The summed E-state index contributed by atoms with van der Waals surface area (Å²) in [5.74, 6) is 0. The highest BCUT2D eigenvalue weighted by Gasteiger charge is 2.02. The minimum absolute atomic E-state index is 0. The monoisotopic (exact) mass is 256 g/mol. The van der Waals surface area contributed by atoms with Gasteiger partial charge in [-0.2, -0.15) is 0 Å². The van der Waals surface area contributed by atoms with Crippen LogP contribution in [0.15, 0.2) is 54.9 Å². The van der Waals surface area contributed by atoms with Gasteiger partial charge in [0.15, 0.2) is 0 Å². The van der Waals surface area contributed by atoms with Gasteiger partial charge in [0.1, 0.15) is 0 Å². The van der Waals surface area contributed by atoms with Crippen molar-refractivity contribution >= 4 is 0 Å². The molecule has 1 aromatic carbocycles. The molecular weight excluding hydrogens is 232 g/mol. The molecule has 0 amide bonds. The number of nitrogens with zero attached hydrogens (tertiary/aromatic N) is 1. The Morgan fingerprint density at radius 2 is 1.79 bits per heavy atom. The van der Waals surface area contributed by atoms with Gasteiger partial charge in [0.25, 0.3) is 0 Å². The zero-order valence-electron chi connectivity index (χ0n) is 11.5. The van der Waals surface area contributed by atoms with Crippen LogP contribution in [0.5, 0.6) is 0 Å². The molecule has 0 aliphatic carbocycles. The number of benzene rings is 1. The fourth-order valence-corrected chi connectivity index (χ4v) is 2.23. The normalized spacial score (nSPS) is 12.3. The van der Waals surface area contributed by atoms with Crippen molar-refractivity contribution in [3.05, 3.63) is 66.0 Å². The van der Waals surface area contributed by atoms with E-state index in [1.165, 1.54) is 17.5 Å². The molecular formula is C17H24N2. The van der Waals surface area contributed by atoms with E-state index in [9.17, 15) is 0 Å². The number of pyridine rings is 1. The van der Waals surface area contributed by atoms with Gasteiger partial charge < -0.3 is 5.32 Å². The fourth-order valence-electron chi connectivity index (χ4n) is 2.23. The van der Waals surface area contributed by atoms with Gasteiger partial charge in [-0.3, -0.25) is 4.98 Å². The SMILES string of the molecule is CC(Cc1ccccc1)NCCCc1ccncc1.[HH]. The molecule has 2 rings (SSSR count). The molecule has 0 aliphatic heterocycles. The van der Waals surface area contributed by atoms with Crippen molar-refractivity contribution in [3.63, 3.8) is 0 Å². The standard InChI is InChI=1S/C17H22N2.H2/c1-15(14-17-6-3-2-4-7-17)19-11-5-8-16-9-12-18-13-10-16;/h2-4,6-7,9-10,12-13,15,19H,5,8,11,14H2,1H3;1H. The topological polar surface area (TPSA) is 24.9 Å². The molecule has 0 spiro atoms. The molecule has 2 heteroatoms. The second-order valence-electron chi connectivity index (χ2n) is 5.00. The molecule has 0 fully saturated rings. The van der Waals surface area contributed by atoms with Crippen molar-refractivity contribution in [2.45, 2.75) is 32.2 Å². The lowest BCUT2D eigenvalue weighted by Gasteiger charge is -2.13. The highest BCUT2D eigenvalue weighted by atomic mass is 14.9. The Hall–Kier alpha value is -1.67. The Labute approximate surface area is 117 Å². The predicted octanol–water partition coefficient (Wildman–Crippen LogP) is 3.48. The van der Waals surface area contributed by atoms with Gasteiger partial charge in [-0.25, -0.2) is 0 Å². The molecule has 19 heavy (non-hydrogen) atoms. The minimum atomic E-state index is 0. The molecule has 1 N–H and O–H groups in total. The second-order valence-corrected chi connectivity index (χ2v) is 5.00. The van der Waals surface area contributed by atoms with Crippen LogP contribution in [0.4, 0.5) is 0 Å². The summed E-state index contributed by atoms with van der Waals surface area (Å²) in [7, 11) is 0. The van der Waals surface area contributed by atoms with Crippen molar-refractivity contribution in [2.24, 2.45) is 0 Å². The van der Waals surface area contributed by atoms with Crippen molar-refractivity contribution in [3.8, 4) is 0 Å². The van der Waals surface area contributed by atoms with Crippen molar-refractivity contribution in [1.29, 1.82) is 0 Å². The molecule has 1 unspecified atom stereocenters. The third-order valence-electron chi connectivity index (χ3n) is 3.27. The third kappa shape index (κ3) is 5.23. The molecule has 0 saturated carbocycles. The van der Waals surface area contributed by atoms with E-state index in [4.69, 9.17) is 0 Å². The summed E-state index contributed by atoms with van der Waals surface area (Å²) in [6.07, 6.45) is 7.11. The zero-order chi connectivity index (χ0) is 13.3. The summed E-state index contributed by atoms with van der Waals surface area (Å²) < 4.78 is 0. The van der Waals surface area contributed by atoms with Gasteiger partial charge in [-0.05, 0) is 56.0 Å². The summed E-state index contributed by atoms with van der Waals surface area (Å²) in [6.45, 7) is 3.32.